The minimum Gasteiger partial charge on any atom is -0.352 e. The van der Waals surface area contributed by atoms with Gasteiger partial charge in [-0.05, 0) is 37.6 Å². The number of benzene rings is 1. The molecule has 0 fully saturated rings. The zero-order valence-electron chi connectivity index (χ0n) is 10.9. The molecule has 19 heavy (non-hydrogen) atoms. The van der Waals surface area contributed by atoms with Gasteiger partial charge in [0.25, 0.3) is 5.91 Å². The monoisotopic (exact) mass is 338 g/mol. The summed E-state index contributed by atoms with van der Waals surface area (Å²) in [6, 6.07) is 5.60. The summed E-state index contributed by atoms with van der Waals surface area (Å²) in [6.07, 6.45) is 0.778. The van der Waals surface area contributed by atoms with Gasteiger partial charge in [-0.3, -0.25) is 4.79 Å². The first kappa shape index (κ1) is 14.2. The van der Waals surface area contributed by atoms with Crippen LogP contribution in [0.1, 0.15) is 26.6 Å². The van der Waals surface area contributed by atoms with Crippen molar-refractivity contribution in [3.8, 4) is 0 Å². The van der Waals surface area contributed by atoms with Crippen molar-refractivity contribution in [2.45, 2.75) is 20.3 Å². The van der Waals surface area contributed by atoms with E-state index < -0.39 is 0 Å². The van der Waals surface area contributed by atoms with Crippen LogP contribution in [-0.2, 0) is 6.42 Å². The van der Waals surface area contributed by atoms with Gasteiger partial charge in [0.15, 0.2) is 0 Å². The van der Waals surface area contributed by atoms with Crippen LogP contribution in [-0.4, -0.2) is 17.4 Å². The average molecular weight is 339 g/mol. The Morgan fingerprint density at radius 2 is 2.21 bits per heavy atom. The molecule has 0 unspecified atom stereocenters. The molecule has 0 aliphatic carbocycles. The molecule has 0 saturated carbocycles. The zero-order chi connectivity index (χ0) is 13.8. The molecule has 0 radical (unpaired) electrons. The number of rotatable bonds is 4. The van der Waals surface area contributed by atoms with Gasteiger partial charge < -0.3 is 5.32 Å². The molecule has 1 N–H and O–H groups in total. The summed E-state index contributed by atoms with van der Waals surface area (Å²) in [6.45, 7) is 4.56. The number of thiazole rings is 1. The van der Waals surface area contributed by atoms with Gasteiger partial charge in [-0.1, -0.05) is 15.9 Å². The van der Waals surface area contributed by atoms with Crippen molar-refractivity contribution in [1.82, 2.24) is 10.3 Å². The lowest BCUT2D eigenvalue weighted by Crippen LogP contribution is -2.25. The van der Waals surface area contributed by atoms with Gasteiger partial charge in [0.2, 0.25) is 0 Å². The lowest BCUT2D eigenvalue weighted by Gasteiger charge is -2.05. The first-order valence-corrected chi connectivity index (χ1v) is 7.69. The van der Waals surface area contributed by atoms with Gasteiger partial charge in [0, 0.05) is 34.1 Å². The molecule has 0 saturated heterocycles. The van der Waals surface area contributed by atoms with Crippen LogP contribution in [0.5, 0.6) is 0 Å². The van der Waals surface area contributed by atoms with Crippen LogP contribution in [0.3, 0.4) is 0 Å². The topological polar surface area (TPSA) is 42.0 Å². The molecule has 1 heterocycles. The molecule has 3 nitrogen and oxygen atoms in total. The minimum atomic E-state index is -0.0381. The second-order valence-corrected chi connectivity index (χ2v) is 6.15. The first-order chi connectivity index (χ1) is 9.06. The second kappa shape index (κ2) is 6.30. The minimum absolute atomic E-state index is 0.0381. The van der Waals surface area contributed by atoms with E-state index in [1.807, 2.05) is 37.4 Å². The maximum Gasteiger partial charge on any atom is 0.251 e. The molecule has 0 bridgehead atoms. The van der Waals surface area contributed by atoms with Crippen LogP contribution in [0, 0.1) is 13.8 Å². The summed E-state index contributed by atoms with van der Waals surface area (Å²) in [4.78, 5) is 16.3. The molecule has 0 spiro atoms. The average Bonchev–Trinajstić information content (AvgIpc) is 2.78. The van der Waals surface area contributed by atoms with Crippen molar-refractivity contribution in [3.63, 3.8) is 0 Å². The predicted octanol–water partition coefficient (Wildman–Crippen LogP) is 3.49. The predicted molar refractivity (Wildman–Crippen MR) is 81.8 cm³/mol. The van der Waals surface area contributed by atoms with Crippen LogP contribution in [0.2, 0.25) is 0 Å². The second-order valence-electron chi connectivity index (χ2n) is 4.35. The number of carbonyl (C=O) groups excluding carboxylic acids is 1. The summed E-state index contributed by atoms with van der Waals surface area (Å²) in [5.41, 5.74) is 2.79. The number of hydrogen-bond acceptors (Lipinski definition) is 3. The van der Waals surface area contributed by atoms with E-state index in [9.17, 15) is 4.79 Å². The number of nitrogens with zero attached hydrogens (tertiary/aromatic N) is 1. The highest BCUT2D eigenvalue weighted by Gasteiger charge is 2.07. The van der Waals surface area contributed by atoms with Crippen molar-refractivity contribution in [1.29, 1.82) is 0 Å². The van der Waals surface area contributed by atoms with E-state index in [1.54, 1.807) is 11.3 Å². The van der Waals surface area contributed by atoms with Crippen LogP contribution in [0.4, 0.5) is 0 Å². The fraction of sp³-hybridized carbons (Fsp3) is 0.286. The Kier molecular flexibility index (Phi) is 4.71. The van der Waals surface area contributed by atoms with Gasteiger partial charge in [0.1, 0.15) is 0 Å². The van der Waals surface area contributed by atoms with E-state index >= 15 is 0 Å². The molecule has 0 aliphatic rings. The van der Waals surface area contributed by atoms with Gasteiger partial charge in [-0.15, -0.1) is 11.3 Å². The van der Waals surface area contributed by atoms with E-state index in [4.69, 9.17) is 0 Å². The normalized spacial score (nSPS) is 10.5. The molecule has 0 aliphatic heterocycles. The summed E-state index contributed by atoms with van der Waals surface area (Å²) in [7, 11) is 0. The largest absolute Gasteiger partial charge is 0.352 e. The van der Waals surface area contributed by atoms with E-state index in [1.165, 1.54) is 0 Å². The number of amides is 1. The summed E-state index contributed by atoms with van der Waals surface area (Å²) >= 11 is 5.06. The van der Waals surface area contributed by atoms with Gasteiger partial charge in [0.05, 0.1) is 5.01 Å². The fourth-order valence-electron chi connectivity index (χ4n) is 1.69. The van der Waals surface area contributed by atoms with Crippen LogP contribution >= 0.6 is 27.3 Å². The highest BCUT2D eigenvalue weighted by molar-refractivity contribution is 9.10. The van der Waals surface area contributed by atoms with Crippen molar-refractivity contribution in [2.24, 2.45) is 0 Å². The molecule has 1 aromatic heterocycles. The third-order valence-corrected chi connectivity index (χ3v) is 4.63. The van der Waals surface area contributed by atoms with E-state index in [0.717, 1.165) is 27.2 Å². The van der Waals surface area contributed by atoms with Crippen LogP contribution in [0.15, 0.2) is 28.1 Å². The molecule has 2 rings (SSSR count). The Bertz CT molecular complexity index is 595. The lowest BCUT2D eigenvalue weighted by atomic mass is 10.1. The molecule has 0 atom stereocenters. The standard InChI is InChI=1S/C14H15BrN2OS/c1-9-7-11(3-4-12(9)15)14(18)16-6-5-13-17-10(2)8-19-13/h3-4,7-8H,5-6H2,1-2H3,(H,16,18). The van der Waals surface area contributed by atoms with E-state index in [0.29, 0.717) is 12.1 Å². The van der Waals surface area contributed by atoms with E-state index in [2.05, 4.69) is 26.2 Å². The number of aromatic nitrogens is 1. The van der Waals surface area contributed by atoms with Gasteiger partial charge in [-0.25, -0.2) is 4.98 Å². The number of aryl methyl sites for hydroxylation is 2. The smallest absolute Gasteiger partial charge is 0.251 e. The Hall–Kier alpha value is -1.20. The zero-order valence-corrected chi connectivity index (χ0v) is 13.3. The maximum absolute atomic E-state index is 12.0. The molecule has 1 amide bonds. The fourth-order valence-corrected chi connectivity index (χ4v) is 2.71. The van der Waals surface area contributed by atoms with Gasteiger partial charge >= 0.3 is 0 Å². The quantitative estimate of drug-likeness (QED) is 0.926. The van der Waals surface area contributed by atoms with Crippen LogP contribution < -0.4 is 5.32 Å². The van der Waals surface area contributed by atoms with Crippen molar-refractivity contribution in [3.05, 3.63) is 49.9 Å². The molecular weight excluding hydrogens is 324 g/mol. The summed E-state index contributed by atoms with van der Waals surface area (Å²) in [5.74, 6) is -0.0381. The van der Waals surface area contributed by atoms with Crippen molar-refractivity contribution >= 4 is 33.2 Å². The van der Waals surface area contributed by atoms with E-state index in [-0.39, 0.29) is 5.91 Å². The third-order valence-electron chi connectivity index (χ3n) is 2.71. The van der Waals surface area contributed by atoms with Crippen LogP contribution in [0.25, 0.3) is 0 Å². The Balaban J connectivity index is 1.89. The number of hydrogen-bond donors (Lipinski definition) is 1. The molecule has 2 aromatic rings. The van der Waals surface area contributed by atoms with Crippen molar-refractivity contribution < 1.29 is 4.79 Å². The highest BCUT2D eigenvalue weighted by atomic mass is 79.9. The summed E-state index contributed by atoms with van der Waals surface area (Å²) < 4.78 is 1.02. The maximum atomic E-state index is 12.0. The SMILES string of the molecule is Cc1csc(CCNC(=O)c2ccc(Br)c(C)c2)n1. The number of nitrogens with one attached hydrogen (secondary N) is 1. The Morgan fingerprint density at radius 1 is 1.42 bits per heavy atom. The van der Waals surface area contributed by atoms with Gasteiger partial charge in [-0.2, -0.15) is 0 Å². The lowest BCUT2D eigenvalue weighted by molar-refractivity contribution is 0.0954. The Morgan fingerprint density at radius 3 is 2.84 bits per heavy atom. The first-order valence-electron chi connectivity index (χ1n) is 6.01. The molecule has 1 aromatic carbocycles. The Labute approximate surface area is 125 Å². The molecule has 100 valence electrons. The highest BCUT2D eigenvalue weighted by Crippen LogP contribution is 2.17. The molecule has 5 heteroatoms. The molecular formula is C14H15BrN2OS. The number of halogens is 1. The van der Waals surface area contributed by atoms with Crippen molar-refractivity contribution in [2.75, 3.05) is 6.54 Å². The number of carbonyl (C=O) groups is 1. The summed E-state index contributed by atoms with van der Waals surface area (Å²) in [5, 5.41) is 6.00. The third kappa shape index (κ3) is 3.88.